The van der Waals surface area contributed by atoms with Crippen molar-refractivity contribution < 1.29 is 26.4 Å². The van der Waals surface area contributed by atoms with Gasteiger partial charge in [-0.1, -0.05) is 86.1 Å². The first-order valence-corrected chi connectivity index (χ1v) is 16.0. The Balaban J connectivity index is 1.45. The topological polar surface area (TPSA) is 86.0 Å². The maximum Gasteiger partial charge on any atom is 0.418 e. The number of para-hydroxylation sites is 1. The van der Waals surface area contributed by atoms with Crippen LogP contribution in [0.5, 0.6) is 0 Å². The highest BCUT2D eigenvalue weighted by Crippen LogP contribution is 2.34. The molecule has 0 fully saturated rings. The number of sulfonamides is 1. The van der Waals surface area contributed by atoms with Crippen LogP contribution in [0.25, 0.3) is 16.8 Å². The largest absolute Gasteiger partial charge is 0.418 e. The van der Waals surface area contributed by atoms with Gasteiger partial charge in [-0.15, -0.1) is 0 Å². The van der Waals surface area contributed by atoms with Gasteiger partial charge in [-0.25, -0.2) is 17.8 Å². The highest BCUT2D eigenvalue weighted by atomic mass is 32.2. The van der Waals surface area contributed by atoms with E-state index in [1.165, 1.54) is 41.1 Å². The molecular formula is C33H29F3N4O3S2. The first kappa shape index (κ1) is 31.9. The summed E-state index contributed by atoms with van der Waals surface area (Å²) in [6, 6.07) is 26.7. The van der Waals surface area contributed by atoms with Crippen LogP contribution in [0.4, 0.5) is 13.2 Å². The molecule has 0 atom stereocenters. The van der Waals surface area contributed by atoms with E-state index in [1.807, 2.05) is 6.92 Å². The molecule has 12 heteroatoms. The quantitative estimate of drug-likeness (QED) is 0.157. The lowest BCUT2D eigenvalue weighted by Crippen LogP contribution is -2.30. The van der Waals surface area contributed by atoms with Crippen LogP contribution in [0.3, 0.4) is 0 Å². The molecule has 0 unspecified atom stereocenters. The van der Waals surface area contributed by atoms with E-state index in [0.717, 1.165) is 24.5 Å². The van der Waals surface area contributed by atoms with E-state index < -0.39 is 27.7 Å². The third-order valence-electron chi connectivity index (χ3n) is 7.18. The van der Waals surface area contributed by atoms with Crippen molar-refractivity contribution in [1.29, 1.82) is 0 Å². The van der Waals surface area contributed by atoms with Crippen molar-refractivity contribution in [3.63, 3.8) is 0 Å². The Morgan fingerprint density at radius 3 is 2.22 bits per heavy atom. The zero-order valence-electron chi connectivity index (χ0n) is 24.2. The summed E-state index contributed by atoms with van der Waals surface area (Å²) in [5.41, 5.74) is 1.02. The number of unbranched alkanes of at least 4 members (excludes halogenated alkanes) is 1. The highest BCUT2D eigenvalue weighted by molar-refractivity contribution is 7.90. The third kappa shape index (κ3) is 7.07. The smallest absolute Gasteiger partial charge is 0.299 e. The number of hydrogen-bond donors (Lipinski definition) is 1. The van der Waals surface area contributed by atoms with Gasteiger partial charge in [-0.3, -0.25) is 9.36 Å². The molecule has 0 aliphatic rings. The molecule has 5 aromatic rings. The summed E-state index contributed by atoms with van der Waals surface area (Å²) in [5, 5.41) is 4.51. The minimum Gasteiger partial charge on any atom is -0.299 e. The molecule has 232 valence electrons. The van der Waals surface area contributed by atoms with Crippen molar-refractivity contribution in [2.24, 2.45) is 0 Å². The standard InChI is InChI=1S/C33H29F3N4O3S2/c1-2-3-17-30-37-40(28-15-9-8-14-27(28)33(34,35)36)32(44)39(30)22-23-18-20-24(21-19-23)26-13-7-10-16-29(26)45(42,43)38-31(41)25-11-5-4-6-12-25/h4-16,18-21H,2-3,17,22H2,1H3,(H,38,41). The lowest BCUT2D eigenvalue weighted by atomic mass is 10.0. The molecule has 0 aliphatic carbocycles. The molecule has 0 radical (unpaired) electrons. The summed E-state index contributed by atoms with van der Waals surface area (Å²) < 4.78 is 73.1. The minimum absolute atomic E-state index is 0.0595. The van der Waals surface area contributed by atoms with Gasteiger partial charge < -0.3 is 0 Å². The first-order valence-electron chi connectivity index (χ1n) is 14.2. The van der Waals surface area contributed by atoms with Crippen LogP contribution in [0, 0.1) is 4.77 Å². The Hall–Kier alpha value is -4.55. The second kappa shape index (κ2) is 13.2. The Morgan fingerprint density at radius 1 is 0.889 bits per heavy atom. The SMILES string of the molecule is CCCCc1nn(-c2ccccc2C(F)(F)F)c(=S)n1Cc1ccc(-c2ccccc2S(=O)(=O)NC(=O)c2ccccc2)cc1. The van der Waals surface area contributed by atoms with Gasteiger partial charge in [0.1, 0.15) is 5.82 Å². The van der Waals surface area contributed by atoms with Crippen molar-refractivity contribution in [2.45, 2.75) is 43.8 Å². The molecule has 1 aromatic heterocycles. The number of aryl methyl sites for hydroxylation is 1. The number of amides is 1. The lowest BCUT2D eigenvalue weighted by molar-refractivity contribution is -0.137. The van der Waals surface area contributed by atoms with E-state index in [-0.39, 0.29) is 27.5 Å². The number of nitrogens with one attached hydrogen (secondary N) is 1. The van der Waals surface area contributed by atoms with Crippen LogP contribution >= 0.6 is 12.2 Å². The Bertz CT molecular complexity index is 1990. The zero-order chi connectivity index (χ0) is 32.2. The van der Waals surface area contributed by atoms with Crippen LogP contribution in [0.15, 0.2) is 108 Å². The summed E-state index contributed by atoms with van der Waals surface area (Å²) in [4.78, 5) is 12.6. The number of halogens is 3. The van der Waals surface area contributed by atoms with E-state index in [0.29, 0.717) is 23.4 Å². The molecular weight excluding hydrogens is 622 g/mol. The Labute approximate surface area is 264 Å². The summed E-state index contributed by atoms with van der Waals surface area (Å²) in [6.07, 6.45) is -2.42. The summed E-state index contributed by atoms with van der Waals surface area (Å²) in [7, 11) is -4.21. The van der Waals surface area contributed by atoms with Gasteiger partial charge in [0.05, 0.1) is 22.7 Å². The van der Waals surface area contributed by atoms with Crippen molar-refractivity contribution >= 4 is 28.1 Å². The number of aromatic nitrogens is 3. The van der Waals surface area contributed by atoms with E-state index >= 15 is 0 Å². The van der Waals surface area contributed by atoms with Gasteiger partial charge in [0.25, 0.3) is 15.9 Å². The lowest BCUT2D eigenvalue weighted by Gasteiger charge is -2.13. The van der Waals surface area contributed by atoms with Crippen LogP contribution in [0.2, 0.25) is 0 Å². The van der Waals surface area contributed by atoms with Crippen LogP contribution in [-0.4, -0.2) is 28.7 Å². The van der Waals surface area contributed by atoms with Crippen molar-refractivity contribution in [2.75, 3.05) is 0 Å². The number of benzene rings is 4. The number of nitrogens with zero attached hydrogens (tertiary/aromatic N) is 3. The zero-order valence-corrected chi connectivity index (χ0v) is 25.8. The van der Waals surface area contributed by atoms with Gasteiger partial charge >= 0.3 is 6.18 Å². The highest BCUT2D eigenvalue weighted by Gasteiger charge is 2.34. The fourth-order valence-corrected chi connectivity index (χ4v) is 6.42. The summed E-state index contributed by atoms with van der Waals surface area (Å²) in [5.74, 6) is -0.178. The first-order chi connectivity index (χ1) is 21.5. The van der Waals surface area contributed by atoms with Gasteiger partial charge in [-0.2, -0.15) is 18.3 Å². The van der Waals surface area contributed by atoms with E-state index in [2.05, 4.69) is 9.82 Å². The fraction of sp³-hybridized carbons (Fsp3) is 0.182. The molecule has 0 aliphatic heterocycles. The maximum absolute atomic E-state index is 13.8. The minimum atomic E-state index is -4.58. The van der Waals surface area contributed by atoms with Gasteiger partial charge in [0.15, 0.2) is 0 Å². The van der Waals surface area contributed by atoms with Crippen LogP contribution in [-0.2, 0) is 29.2 Å². The molecule has 0 spiro atoms. The van der Waals surface area contributed by atoms with E-state index in [1.54, 1.807) is 65.2 Å². The Kier molecular flexibility index (Phi) is 9.35. The predicted molar refractivity (Wildman–Crippen MR) is 168 cm³/mol. The van der Waals surface area contributed by atoms with Gasteiger partial charge in [-0.05, 0) is 60.1 Å². The molecule has 0 saturated heterocycles. The number of carbonyl (C=O) groups is 1. The van der Waals surface area contributed by atoms with Crippen molar-refractivity contribution in [1.82, 2.24) is 19.1 Å². The van der Waals surface area contributed by atoms with E-state index in [4.69, 9.17) is 12.2 Å². The summed E-state index contributed by atoms with van der Waals surface area (Å²) in [6.45, 7) is 2.26. The Morgan fingerprint density at radius 2 is 1.53 bits per heavy atom. The molecule has 7 nitrogen and oxygen atoms in total. The van der Waals surface area contributed by atoms with Gasteiger partial charge in [0, 0.05) is 17.5 Å². The van der Waals surface area contributed by atoms with Crippen LogP contribution < -0.4 is 4.72 Å². The number of hydrogen-bond acceptors (Lipinski definition) is 5. The van der Waals surface area contributed by atoms with Crippen LogP contribution in [0.1, 0.15) is 47.1 Å². The van der Waals surface area contributed by atoms with Crippen molar-refractivity contribution in [3.8, 4) is 16.8 Å². The van der Waals surface area contributed by atoms with Gasteiger partial charge in [0.2, 0.25) is 4.77 Å². The molecule has 0 bridgehead atoms. The average molecular weight is 651 g/mol. The normalized spacial score (nSPS) is 11.8. The third-order valence-corrected chi connectivity index (χ3v) is 8.96. The summed E-state index contributed by atoms with van der Waals surface area (Å²) >= 11 is 5.65. The molecule has 1 amide bonds. The molecule has 0 saturated carbocycles. The average Bonchev–Trinajstić information content (AvgIpc) is 3.34. The fourth-order valence-electron chi connectivity index (χ4n) is 4.91. The predicted octanol–water partition coefficient (Wildman–Crippen LogP) is 7.60. The second-order valence-corrected chi connectivity index (χ2v) is 12.3. The molecule has 1 N–H and O–H groups in total. The molecule has 45 heavy (non-hydrogen) atoms. The second-order valence-electron chi connectivity index (χ2n) is 10.3. The molecule has 4 aromatic carbocycles. The monoisotopic (exact) mass is 650 g/mol. The number of carbonyl (C=O) groups excluding carboxylic acids is 1. The number of rotatable bonds is 10. The van der Waals surface area contributed by atoms with E-state index in [9.17, 15) is 26.4 Å². The molecule has 1 heterocycles. The van der Waals surface area contributed by atoms with Crippen molar-refractivity contribution in [3.05, 3.63) is 130 Å². The maximum atomic E-state index is 13.8. The molecule has 5 rings (SSSR count). The number of alkyl halides is 3.